The molecule has 9 heteroatoms. The topological polar surface area (TPSA) is 97.4 Å². The fourth-order valence-electron chi connectivity index (χ4n) is 5.25. The van der Waals surface area contributed by atoms with Gasteiger partial charge in [-0.25, -0.2) is 9.67 Å². The number of carbonyl (C=O) groups excluding carboxylic acids is 2. The molecule has 0 unspecified atom stereocenters. The minimum atomic E-state index is -0.0582. The molecule has 0 radical (unpaired) electrons. The minimum Gasteiger partial charge on any atom is -0.467 e. The van der Waals surface area contributed by atoms with Crippen LogP contribution in [0.1, 0.15) is 41.8 Å². The van der Waals surface area contributed by atoms with Gasteiger partial charge in [-0.15, -0.1) is 0 Å². The number of fused-ring (bicyclic) bond motifs is 1. The summed E-state index contributed by atoms with van der Waals surface area (Å²) in [5.41, 5.74) is 2.68. The fraction of sp³-hybridized carbons (Fsp3) is 0.370. The zero-order chi connectivity index (χ0) is 24.5. The summed E-state index contributed by atoms with van der Waals surface area (Å²) in [6.07, 6.45) is 10.4. The van der Waals surface area contributed by atoms with Crippen molar-refractivity contribution in [1.82, 2.24) is 29.5 Å². The molecule has 0 N–H and O–H groups in total. The van der Waals surface area contributed by atoms with Gasteiger partial charge in [-0.3, -0.25) is 14.6 Å². The molecule has 184 valence electrons. The van der Waals surface area contributed by atoms with Crippen LogP contribution in [-0.2, 0) is 11.3 Å². The van der Waals surface area contributed by atoms with E-state index in [-0.39, 0.29) is 17.7 Å². The number of pyridine rings is 2. The molecule has 0 saturated carbocycles. The number of likely N-dealkylation sites (tertiary alicyclic amines) is 2. The van der Waals surface area contributed by atoms with Crippen LogP contribution in [0.5, 0.6) is 0 Å². The van der Waals surface area contributed by atoms with Gasteiger partial charge >= 0.3 is 0 Å². The van der Waals surface area contributed by atoms with Crippen LogP contribution in [0.15, 0.2) is 59.6 Å². The van der Waals surface area contributed by atoms with E-state index in [9.17, 15) is 9.59 Å². The number of rotatable bonds is 5. The molecule has 0 bridgehead atoms. The van der Waals surface area contributed by atoms with E-state index in [4.69, 9.17) is 9.40 Å². The quantitative estimate of drug-likeness (QED) is 0.429. The molecule has 0 aromatic carbocycles. The third-order valence-electron chi connectivity index (χ3n) is 7.23. The van der Waals surface area contributed by atoms with Crippen LogP contribution in [0.25, 0.3) is 22.3 Å². The molecule has 2 fully saturated rings. The molecule has 0 aliphatic carbocycles. The molecule has 2 aliphatic rings. The largest absolute Gasteiger partial charge is 0.467 e. The van der Waals surface area contributed by atoms with Crippen molar-refractivity contribution in [3.63, 3.8) is 0 Å². The third-order valence-corrected chi connectivity index (χ3v) is 7.23. The highest BCUT2D eigenvalue weighted by atomic mass is 16.3. The first-order valence-corrected chi connectivity index (χ1v) is 12.5. The van der Waals surface area contributed by atoms with Gasteiger partial charge in [0.15, 0.2) is 5.65 Å². The second kappa shape index (κ2) is 9.56. The monoisotopic (exact) mass is 484 g/mol. The maximum Gasteiger partial charge on any atom is 0.254 e. The van der Waals surface area contributed by atoms with E-state index in [0.29, 0.717) is 54.8 Å². The molecule has 2 saturated heterocycles. The number of aromatic nitrogens is 4. The summed E-state index contributed by atoms with van der Waals surface area (Å²) in [5, 5.41) is 5.23. The van der Waals surface area contributed by atoms with Gasteiger partial charge in [-0.05, 0) is 56.0 Å². The van der Waals surface area contributed by atoms with Crippen molar-refractivity contribution >= 4 is 22.8 Å². The van der Waals surface area contributed by atoms with E-state index in [1.165, 1.54) is 0 Å². The standard InChI is InChI=1S/C27H28N6O3/c34-26(31-10-1-2-11-31)19-7-12-32(13-8-19)27(35)22-15-24(20-5-3-9-28-16-20)30-25-23(22)17-29-33(25)18-21-6-4-14-36-21/h3-6,9,14-17,19H,1-2,7-8,10-13,18H2. The first-order chi connectivity index (χ1) is 17.7. The van der Waals surface area contributed by atoms with Crippen molar-refractivity contribution in [2.24, 2.45) is 5.92 Å². The van der Waals surface area contributed by atoms with E-state index in [1.54, 1.807) is 29.5 Å². The highest BCUT2D eigenvalue weighted by molar-refractivity contribution is 6.06. The first-order valence-electron chi connectivity index (χ1n) is 12.5. The van der Waals surface area contributed by atoms with Crippen molar-refractivity contribution in [2.45, 2.75) is 32.2 Å². The molecule has 9 nitrogen and oxygen atoms in total. The Morgan fingerprint density at radius 1 is 1.00 bits per heavy atom. The molecule has 2 aliphatic heterocycles. The summed E-state index contributed by atoms with van der Waals surface area (Å²) in [6.45, 7) is 3.28. The Hall–Kier alpha value is -4.01. The van der Waals surface area contributed by atoms with Gasteiger partial charge in [0.05, 0.1) is 29.1 Å². The van der Waals surface area contributed by atoms with Gasteiger partial charge in [-0.1, -0.05) is 0 Å². The predicted molar refractivity (Wildman–Crippen MR) is 133 cm³/mol. The highest BCUT2D eigenvalue weighted by Crippen LogP contribution is 2.28. The summed E-state index contributed by atoms with van der Waals surface area (Å²) >= 11 is 0. The van der Waals surface area contributed by atoms with E-state index in [1.807, 2.05) is 40.1 Å². The van der Waals surface area contributed by atoms with Crippen molar-refractivity contribution in [1.29, 1.82) is 0 Å². The van der Waals surface area contributed by atoms with Crippen LogP contribution in [0.4, 0.5) is 0 Å². The lowest BCUT2D eigenvalue weighted by Crippen LogP contribution is -2.43. The van der Waals surface area contributed by atoms with Crippen molar-refractivity contribution in [3.8, 4) is 11.3 Å². The Labute approximate surface area is 208 Å². The number of carbonyl (C=O) groups is 2. The highest BCUT2D eigenvalue weighted by Gasteiger charge is 2.32. The number of nitrogens with zero attached hydrogens (tertiary/aromatic N) is 6. The average Bonchev–Trinajstić information content (AvgIpc) is 3.71. The lowest BCUT2D eigenvalue weighted by atomic mass is 9.94. The summed E-state index contributed by atoms with van der Waals surface area (Å²) < 4.78 is 7.26. The third kappa shape index (κ3) is 4.25. The molecule has 6 rings (SSSR count). The van der Waals surface area contributed by atoms with E-state index in [0.717, 1.165) is 37.3 Å². The Balaban J connectivity index is 1.30. The Morgan fingerprint density at radius 2 is 1.83 bits per heavy atom. The summed E-state index contributed by atoms with van der Waals surface area (Å²) in [6, 6.07) is 9.34. The smallest absolute Gasteiger partial charge is 0.254 e. The maximum absolute atomic E-state index is 13.8. The Morgan fingerprint density at radius 3 is 2.56 bits per heavy atom. The number of piperidine rings is 1. The lowest BCUT2D eigenvalue weighted by Gasteiger charge is -2.33. The fourth-order valence-corrected chi connectivity index (χ4v) is 5.25. The van der Waals surface area contributed by atoms with E-state index < -0.39 is 0 Å². The molecule has 2 amide bonds. The van der Waals surface area contributed by atoms with Crippen LogP contribution < -0.4 is 0 Å². The number of hydrogen-bond donors (Lipinski definition) is 0. The molecule has 0 spiro atoms. The van der Waals surface area contributed by atoms with E-state index >= 15 is 0 Å². The normalized spacial score (nSPS) is 16.7. The molecule has 0 atom stereocenters. The second-order valence-electron chi connectivity index (χ2n) is 9.51. The summed E-state index contributed by atoms with van der Waals surface area (Å²) in [4.78, 5) is 39.6. The van der Waals surface area contributed by atoms with Crippen LogP contribution in [-0.4, -0.2) is 67.5 Å². The van der Waals surface area contributed by atoms with Gasteiger partial charge < -0.3 is 14.2 Å². The molecular formula is C27H28N6O3. The first kappa shape index (κ1) is 22.5. The number of hydrogen-bond acceptors (Lipinski definition) is 6. The lowest BCUT2D eigenvalue weighted by molar-refractivity contribution is -0.135. The summed E-state index contributed by atoms with van der Waals surface area (Å²) in [7, 11) is 0. The van der Waals surface area contributed by atoms with Crippen LogP contribution in [0.3, 0.4) is 0 Å². The number of furan rings is 1. The van der Waals surface area contributed by atoms with Crippen molar-refractivity contribution in [3.05, 3.63) is 66.5 Å². The van der Waals surface area contributed by atoms with Gasteiger partial charge in [0.25, 0.3) is 5.91 Å². The Kier molecular flexibility index (Phi) is 5.96. The van der Waals surface area contributed by atoms with Crippen LogP contribution in [0, 0.1) is 5.92 Å². The van der Waals surface area contributed by atoms with E-state index in [2.05, 4.69) is 10.1 Å². The predicted octanol–water partition coefficient (Wildman–Crippen LogP) is 3.61. The molecule has 6 heterocycles. The second-order valence-corrected chi connectivity index (χ2v) is 9.51. The Bertz CT molecular complexity index is 1370. The van der Waals surface area contributed by atoms with Gasteiger partial charge in [-0.2, -0.15) is 5.10 Å². The van der Waals surface area contributed by atoms with Crippen molar-refractivity contribution in [2.75, 3.05) is 26.2 Å². The number of amides is 2. The minimum absolute atomic E-state index is 0.00612. The van der Waals surface area contributed by atoms with Crippen molar-refractivity contribution < 1.29 is 14.0 Å². The van der Waals surface area contributed by atoms with Gasteiger partial charge in [0, 0.05) is 50.1 Å². The SMILES string of the molecule is O=C(c1cc(-c2cccnc2)nc2c1cnn2Cc1ccco1)N1CCC(C(=O)N2CCCC2)CC1. The average molecular weight is 485 g/mol. The van der Waals surface area contributed by atoms with Crippen LogP contribution in [0.2, 0.25) is 0 Å². The van der Waals surface area contributed by atoms with Crippen LogP contribution >= 0.6 is 0 Å². The van der Waals surface area contributed by atoms with Gasteiger partial charge in [0.1, 0.15) is 12.3 Å². The zero-order valence-corrected chi connectivity index (χ0v) is 20.0. The zero-order valence-electron chi connectivity index (χ0n) is 20.0. The molecule has 4 aromatic heterocycles. The summed E-state index contributed by atoms with van der Waals surface area (Å²) in [5.74, 6) is 0.957. The molecule has 36 heavy (non-hydrogen) atoms. The molecule has 4 aromatic rings. The molecular weight excluding hydrogens is 456 g/mol. The maximum atomic E-state index is 13.8. The van der Waals surface area contributed by atoms with Gasteiger partial charge in [0.2, 0.25) is 5.91 Å².